The minimum atomic E-state index is -0.317. The summed E-state index contributed by atoms with van der Waals surface area (Å²) in [6.45, 7) is 3.82. The van der Waals surface area contributed by atoms with E-state index >= 15 is 0 Å². The second-order valence-electron chi connectivity index (χ2n) is 5.45. The molecule has 0 amide bonds. The molecule has 2 heterocycles. The van der Waals surface area contributed by atoms with E-state index in [0.717, 1.165) is 42.8 Å². The van der Waals surface area contributed by atoms with Crippen LogP contribution >= 0.6 is 0 Å². The van der Waals surface area contributed by atoms with E-state index in [1.54, 1.807) is 0 Å². The molecule has 1 aromatic rings. The Hall–Kier alpha value is -1.81. The SMILES string of the molecule is COC(=O)c1cc2c(cc1C)C=CC1(CCNCC1)O2. The molecule has 1 saturated heterocycles. The predicted molar refractivity (Wildman–Crippen MR) is 77.0 cm³/mol. The number of hydrogen-bond acceptors (Lipinski definition) is 4. The van der Waals surface area contributed by atoms with Gasteiger partial charge in [0.05, 0.1) is 12.7 Å². The number of fused-ring (bicyclic) bond motifs is 1. The Morgan fingerprint density at radius 1 is 1.35 bits per heavy atom. The van der Waals surface area contributed by atoms with Crippen LogP contribution in [0, 0.1) is 6.92 Å². The van der Waals surface area contributed by atoms with E-state index in [1.165, 1.54) is 7.11 Å². The third-order valence-electron chi connectivity index (χ3n) is 4.09. The van der Waals surface area contributed by atoms with E-state index in [4.69, 9.17) is 9.47 Å². The molecule has 0 aliphatic carbocycles. The minimum Gasteiger partial charge on any atom is -0.482 e. The predicted octanol–water partition coefficient (Wildman–Crippen LogP) is 2.31. The molecule has 0 radical (unpaired) electrons. The summed E-state index contributed by atoms with van der Waals surface area (Å²) in [4.78, 5) is 11.8. The first-order chi connectivity index (χ1) is 9.63. The van der Waals surface area contributed by atoms with Crippen LogP contribution in [0.3, 0.4) is 0 Å². The summed E-state index contributed by atoms with van der Waals surface area (Å²) >= 11 is 0. The summed E-state index contributed by atoms with van der Waals surface area (Å²) in [5.74, 6) is 0.461. The van der Waals surface area contributed by atoms with Crippen LogP contribution in [0.2, 0.25) is 0 Å². The molecular formula is C16H19NO3. The molecule has 2 aliphatic rings. The first-order valence-electron chi connectivity index (χ1n) is 6.95. The largest absolute Gasteiger partial charge is 0.482 e. The Morgan fingerprint density at radius 2 is 2.10 bits per heavy atom. The molecule has 1 N–H and O–H groups in total. The second-order valence-corrected chi connectivity index (χ2v) is 5.45. The van der Waals surface area contributed by atoms with Gasteiger partial charge in [-0.25, -0.2) is 4.79 Å². The number of carbonyl (C=O) groups excluding carboxylic acids is 1. The molecule has 4 heteroatoms. The van der Waals surface area contributed by atoms with Gasteiger partial charge in [0, 0.05) is 18.4 Å². The molecule has 1 fully saturated rings. The second kappa shape index (κ2) is 4.94. The van der Waals surface area contributed by atoms with Gasteiger partial charge in [0.2, 0.25) is 0 Å². The Morgan fingerprint density at radius 3 is 2.80 bits per heavy atom. The zero-order valence-electron chi connectivity index (χ0n) is 11.9. The Balaban J connectivity index is 1.97. The van der Waals surface area contributed by atoms with Gasteiger partial charge in [-0.15, -0.1) is 0 Å². The fourth-order valence-electron chi connectivity index (χ4n) is 2.87. The van der Waals surface area contributed by atoms with E-state index < -0.39 is 0 Å². The van der Waals surface area contributed by atoms with E-state index in [1.807, 2.05) is 19.1 Å². The summed E-state index contributed by atoms with van der Waals surface area (Å²) in [6, 6.07) is 3.79. The minimum absolute atomic E-state index is 0.221. The number of nitrogens with one attached hydrogen (secondary N) is 1. The zero-order chi connectivity index (χ0) is 14.2. The summed E-state index contributed by atoms with van der Waals surface area (Å²) in [7, 11) is 1.40. The van der Waals surface area contributed by atoms with Crippen LogP contribution in [-0.2, 0) is 4.74 Å². The average molecular weight is 273 g/mol. The van der Waals surface area contributed by atoms with Crippen LogP contribution in [0.15, 0.2) is 18.2 Å². The quantitative estimate of drug-likeness (QED) is 0.798. The van der Waals surface area contributed by atoms with Crippen molar-refractivity contribution in [3.8, 4) is 5.75 Å². The van der Waals surface area contributed by atoms with Crippen LogP contribution in [-0.4, -0.2) is 31.8 Å². The lowest BCUT2D eigenvalue weighted by atomic mass is 9.88. The van der Waals surface area contributed by atoms with Crippen molar-refractivity contribution in [1.82, 2.24) is 5.32 Å². The first kappa shape index (κ1) is 13.2. The smallest absolute Gasteiger partial charge is 0.338 e. The number of aryl methyl sites for hydroxylation is 1. The number of hydrogen-bond donors (Lipinski definition) is 1. The molecule has 4 nitrogen and oxygen atoms in total. The average Bonchev–Trinajstić information content (AvgIpc) is 2.47. The number of benzene rings is 1. The zero-order valence-corrected chi connectivity index (χ0v) is 11.9. The summed E-state index contributed by atoms with van der Waals surface area (Å²) in [5, 5.41) is 3.34. The van der Waals surface area contributed by atoms with Gasteiger partial charge in [0.1, 0.15) is 11.4 Å². The van der Waals surface area contributed by atoms with E-state index in [9.17, 15) is 4.79 Å². The van der Waals surface area contributed by atoms with Crippen molar-refractivity contribution in [2.45, 2.75) is 25.4 Å². The maximum absolute atomic E-state index is 11.8. The van der Waals surface area contributed by atoms with Gasteiger partial charge in [-0.2, -0.15) is 0 Å². The van der Waals surface area contributed by atoms with Crippen LogP contribution in [0.25, 0.3) is 6.08 Å². The maximum atomic E-state index is 11.8. The molecule has 0 atom stereocenters. The van der Waals surface area contributed by atoms with Crippen molar-refractivity contribution in [2.75, 3.05) is 20.2 Å². The number of ether oxygens (including phenoxy) is 2. The Labute approximate surface area is 118 Å². The van der Waals surface area contributed by atoms with E-state index in [0.29, 0.717) is 5.56 Å². The highest BCUT2D eigenvalue weighted by molar-refractivity contribution is 5.92. The number of carbonyl (C=O) groups is 1. The molecule has 1 spiro atoms. The molecule has 0 aromatic heterocycles. The van der Waals surface area contributed by atoms with Gasteiger partial charge in [0.15, 0.2) is 0 Å². The summed E-state index contributed by atoms with van der Waals surface area (Å²) in [5.41, 5.74) is 2.29. The normalized spacial score (nSPS) is 19.3. The fourth-order valence-corrected chi connectivity index (χ4v) is 2.87. The van der Waals surface area contributed by atoms with Gasteiger partial charge in [0.25, 0.3) is 0 Å². The maximum Gasteiger partial charge on any atom is 0.338 e. The molecule has 3 rings (SSSR count). The van der Waals surface area contributed by atoms with Crippen LogP contribution in [0.5, 0.6) is 5.75 Å². The lowest BCUT2D eigenvalue weighted by Crippen LogP contribution is -2.45. The third kappa shape index (κ3) is 2.20. The van der Waals surface area contributed by atoms with Gasteiger partial charge in [-0.3, -0.25) is 0 Å². The monoisotopic (exact) mass is 273 g/mol. The Kier molecular flexibility index (Phi) is 3.26. The number of piperidine rings is 1. The Bertz CT molecular complexity index is 571. The van der Waals surface area contributed by atoms with Crippen molar-refractivity contribution >= 4 is 12.0 Å². The highest BCUT2D eigenvalue weighted by Gasteiger charge is 2.34. The number of rotatable bonds is 1. The lowest BCUT2D eigenvalue weighted by molar-refractivity contribution is 0.0594. The van der Waals surface area contributed by atoms with Gasteiger partial charge < -0.3 is 14.8 Å². The summed E-state index contributed by atoms with van der Waals surface area (Å²) in [6.07, 6.45) is 6.17. The molecule has 20 heavy (non-hydrogen) atoms. The van der Waals surface area contributed by atoms with Crippen molar-refractivity contribution in [1.29, 1.82) is 0 Å². The highest BCUT2D eigenvalue weighted by Crippen LogP contribution is 2.37. The summed E-state index contributed by atoms with van der Waals surface area (Å²) < 4.78 is 11.0. The number of esters is 1. The molecule has 1 aromatic carbocycles. The van der Waals surface area contributed by atoms with E-state index in [2.05, 4.69) is 17.5 Å². The standard InChI is InChI=1S/C16H19NO3/c1-11-9-12-3-4-16(5-7-17-8-6-16)20-14(12)10-13(11)15(18)19-2/h3-4,9-10,17H,5-8H2,1-2H3. The number of methoxy groups -OCH3 is 1. The topological polar surface area (TPSA) is 47.6 Å². The van der Waals surface area contributed by atoms with Crippen molar-refractivity contribution in [3.05, 3.63) is 34.9 Å². The molecule has 2 aliphatic heterocycles. The molecular weight excluding hydrogens is 254 g/mol. The van der Waals surface area contributed by atoms with Crippen molar-refractivity contribution in [2.24, 2.45) is 0 Å². The van der Waals surface area contributed by atoms with E-state index in [-0.39, 0.29) is 11.6 Å². The lowest BCUT2D eigenvalue weighted by Gasteiger charge is -2.38. The van der Waals surface area contributed by atoms with Gasteiger partial charge in [-0.05, 0) is 43.8 Å². The highest BCUT2D eigenvalue weighted by atomic mass is 16.5. The van der Waals surface area contributed by atoms with Crippen LogP contribution in [0.1, 0.15) is 34.3 Å². The molecule has 106 valence electrons. The van der Waals surface area contributed by atoms with Crippen LogP contribution in [0.4, 0.5) is 0 Å². The molecule has 0 saturated carbocycles. The molecule has 0 unspecified atom stereocenters. The fraction of sp³-hybridized carbons (Fsp3) is 0.438. The first-order valence-corrected chi connectivity index (χ1v) is 6.95. The molecule has 0 bridgehead atoms. The van der Waals surface area contributed by atoms with Crippen molar-refractivity contribution < 1.29 is 14.3 Å². The third-order valence-corrected chi connectivity index (χ3v) is 4.09. The van der Waals surface area contributed by atoms with Crippen molar-refractivity contribution in [3.63, 3.8) is 0 Å². The van der Waals surface area contributed by atoms with Gasteiger partial charge in [-0.1, -0.05) is 6.08 Å². The van der Waals surface area contributed by atoms with Gasteiger partial charge >= 0.3 is 5.97 Å². The van der Waals surface area contributed by atoms with Crippen LogP contribution < -0.4 is 10.1 Å².